The van der Waals surface area contributed by atoms with Crippen molar-refractivity contribution in [1.29, 1.82) is 0 Å². The molecule has 1 aromatic heterocycles. The smallest absolute Gasteiger partial charge is 0.315 e. The predicted octanol–water partition coefficient (Wildman–Crippen LogP) is 1.58. The molecule has 0 saturated heterocycles. The van der Waals surface area contributed by atoms with E-state index in [0.29, 0.717) is 24.9 Å². The molecule has 1 aromatic rings. The van der Waals surface area contributed by atoms with Gasteiger partial charge in [0.25, 0.3) is 0 Å². The number of pyridine rings is 1. The summed E-state index contributed by atoms with van der Waals surface area (Å²) in [6, 6.07) is 3.50. The average Bonchev–Trinajstić information content (AvgIpc) is 3.35. The lowest BCUT2D eigenvalue weighted by Crippen LogP contribution is -2.38. The van der Waals surface area contributed by atoms with Gasteiger partial charge >= 0.3 is 6.03 Å². The van der Waals surface area contributed by atoms with E-state index in [1.165, 1.54) is 12.8 Å². The van der Waals surface area contributed by atoms with Crippen molar-refractivity contribution in [3.8, 4) is 5.88 Å². The molecule has 3 N–H and O–H groups in total. The predicted molar refractivity (Wildman–Crippen MR) is 90.6 cm³/mol. The fourth-order valence-corrected chi connectivity index (χ4v) is 2.02. The lowest BCUT2D eigenvalue weighted by Gasteiger charge is -2.10. The fourth-order valence-electron chi connectivity index (χ4n) is 2.02. The molecule has 1 saturated carbocycles. The Morgan fingerprint density at radius 3 is 2.71 bits per heavy atom. The highest BCUT2D eigenvalue weighted by Gasteiger charge is 2.22. The van der Waals surface area contributed by atoms with Gasteiger partial charge in [-0.05, 0) is 38.2 Å². The van der Waals surface area contributed by atoms with Crippen LogP contribution in [-0.2, 0) is 11.3 Å². The van der Waals surface area contributed by atoms with Gasteiger partial charge in [-0.1, -0.05) is 6.07 Å². The number of hydrogen-bond acceptors (Lipinski definition) is 4. The van der Waals surface area contributed by atoms with Crippen molar-refractivity contribution in [2.75, 3.05) is 13.2 Å². The Labute approximate surface area is 142 Å². The summed E-state index contributed by atoms with van der Waals surface area (Å²) in [5.41, 5.74) is 0.890. The first-order chi connectivity index (χ1) is 11.5. The summed E-state index contributed by atoms with van der Waals surface area (Å²) in [7, 11) is 0. The van der Waals surface area contributed by atoms with Gasteiger partial charge in [0, 0.05) is 37.8 Å². The molecule has 0 aliphatic heterocycles. The monoisotopic (exact) mass is 334 g/mol. The van der Waals surface area contributed by atoms with Gasteiger partial charge in [0.05, 0.1) is 6.61 Å². The topological polar surface area (TPSA) is 92.4 Å². The molecule has 132 valence electrons. The van der Waals surface area contributed by atoms with Crippen LogP contribution in [0.25, 0.3) is 0 Å². The lowest BCUT2D eigenvalue weighted by molar-refractivity contribution is -0.121. The second-order valence-electron chi connectivity index (χ2n) is 6.34. The van der Waals surface area contributed by atoms with E-state index < -0.39 is 0 Å². The summed E-state index contributed by atoms with van der Waals surface area (Å²) in [5, 5.41) is 8.15. The minimum Gasteiger partial charge on any atom is -0.477 e. The highest BCUT2D eigenvalue weighted by atomic mass is 16.5. The zero-order chi connectivity index (χ0) is 17.4. The van der Waals surface area contributed by atoms with Crippen molar-refractivity contribution in [2.45, 2.75) is 45.7 Å². The van der Waals surface area contributed by atoms with Crippen molar-refractivity contribution in [2.24, 2.45) is 5.92 Å². The van der Waals surface area contributed by atoms with Gasteiger partial charge in [-0.25, -0.2) is 9.78 Å². The third-order valence-corrected chi connectivity index (χ3v) is 3.50. The van der Waals surface area contributed by atoms with Crippen molar-refractivity contribution in [1.82, 2.24) is 20.9 Å². The first-order valence-electron chi connectivity index (χ1n) is 8.41. The molecule has 1 fully saturated rings. The van der Waals surface area contributed by atoms with E-state index in [1.807, 2.05) is 26.0 Å². The van der Waals surface area contributed by atoms with E-state index in [2.05, 4.69) is 20.9 Å². The molecule has 7 nitrogen and oxygen atoms in total. The number of amides is 3. The molecule has 1 heterocycles. The molecule has 0 aromatic carbocycles. The van der Waals surface area contributed by atoms with Crippen LogP contribution in [0.2, 0.25) is 0 Å². The van der Waals surface area contributed by atoms with Crippen molar-refractivity contribution < 1.29 is 14.3 Å². The molecule has 3 amide bonds. The van der Waals surface area contributed by atoms with Crippen LogP contribution in [-0.4, -0.2) is 36.1 Å². The molecule has 0 atom stereocenters. The van der Waals surface area contributed by atoms with Gasteiger partial charge < -0.3 is 20.7 Å². The number of nitrogens with zero attached hydrogens (tertiary/aromatic N) is 1. The summed E-state index contributed by atoms with van der Waals surface area (Å²) < 4.78 is 5.56. The third kappa shape index (κ3) is 7.30. The van der Waals surface area contributed by atoms with Crippen LogP contribution in [0, 0.1) is 5.92 Å². The van der Waals surface area contributed by atoms with Gasteiger partial charge in [-0.15, -0.1) is 0 Å². The van der Waals surface area contributed by atoms with Crippen LogP contribution in [0.4, 0.5) is 4.79 Å². The Kier molecular flexibility index (Phi) is 6.84. The molecule has 0 unspecified atom stereocenters. The summed E-state index contributed by atoms with van der Waals surface area (Å²) in [6.45, 7) is 5.20. The molecular formula is C17H26N4O3. The molecule has 1 aliphatic rings. The van der Waals surface area contributed by atoms with E-state index in [-0.39, 0.29) is 24.4 Å². The van der Waals surface area contributed by atoms with Gasteiger partial charge in [-0.2, -0.15) is 0 Å². The standard InChI is InChI=1S/C17H26N4O3/c1-12(2)21-15(22)7-8-18-17(23)20-10-14-5-6-16(19-9-14)24-11-13-3-4-13/h5-6,9,12-13H,3-4,7-8,10-11H2,1-2H3,(H,21,22)(H2,18,20,23). The SMILES string of the molecule is CC(C)NC(=O)CCNC(=O)NCc1ccc(OCC2CC2)nc1. The first-order valence-corrected chi connectivity index (χ1v) is 8.41. The summed E-state index contributed by atoms with van der Waals surface area (Å²) >= 11 is 0. The van der Waals surface area contributed by atoms with E-state index in [0.717, 1.165) is 12.2 Å². The Bertz CT molecular complexity index is 541. The molecule has 0 radical (unpaired) electrons. The molecule has 1 aliphatic carbocycles. The van der Waals surface area contributed by atoms with Crippen molar-refractivity contribution in [3.05, 3.63) is 23.9 Å². The Morgan fingerprint density at radius 1 is 1.29 bits per heavy atom. The van der Waals surface area contributed by atoms with Crippen LogP contribution >= 0.6 is 0 Å². The largest absolute Gasteiger partial charge is 0.477 e. The van der Waals surface area contributed by atoms with E-state index in [4.69, 9.17) is 4.74 Å². The van der Waals surface area contributed by atoms with Gasteiger partial charge in [0.2, 0.25) is 11.8 Å². The second kappa shape index (κ2) is 9.10. The molecule has 0 spiro atoms. The zero-order valence-electron chi connectivity index (χ0n) is 14.3. The second-order valence-corrected chi connectivity index (χ2v) is 6.34. The minimum absolute atomic E-state index is 0.0729. The number of rotatable bonds is 9. The minimum atomic E-state index is -0.304. The summed E-state index contributed by atoms with van der Waals surface area (Å²) in [6.07, 6.45) is 4.45. The number of carbonyl (C=O) groups is 2. The van der Waals surface area contributed by atoms with Crippen LogP contribution < -0.4 is 20.7 Å². The molecular weight excluding hydrogens is 308 g/mol. The third-order valence-electron chi connectivity index (χ3n) is 3.50. The average molecular weight is 334 g/mol. The van der Waals surface area contributed by atoms with Crippen molar-refractivity contribution in [3.63, 3.8) is 0 Å². The summed E-state index contributed by atoms with van der Waals surface area (Å²) in [5.74, 6) is 1.24. The highest BCUT2D eigenvalue weighted by molar-refractivity contribution is 5.78. The molecule has 0 bridgehead atoms. The summed E-state index contributed by atoms with van der Waals surface area (Å²) in [4.78, 5) is 27.3. The Morgan fingerprint density at radius 2 is 2.08 bits per heavy atom. The maximum Gasteiger partial charge on any atom is 0.315 e. The zero-order valence-corrected chi connectivity index (χ0v) is 14.3. The molecule has 2 rings (SSSR count). The Balaban J connectivity index is 1.59. The quantitative estimate of drug-likeness (QED) is 0.639. The Hall–Kier alpha value is -2.31. The van der Waals surface area contributed by atoms with Gasteiger partial charge in [0.1, 0.15) is 0 Å². The number of aromatic nitrogens is 1. The molecule has 24 heavy (non-hydrogen) atoms. The van der Waals surface area contributed by atoms with Gasteiger partial charge in [-0.3, -0.25) is 4.79 Å². The van der Waals surface area contributed by atoms with Crippen LogP contribution in [0.3, 0.4) is 0 Å². The molecule has 7 heteroatoms. The van der Waals surface area contributed by atoms with Crippen molar-refractivity contribution >= 4 is 11.9 Å². The number of nitrogens with one attached hydrogen (secondary N) is 3. The van der Waals surface area contributed by atoms with E-state index in [9.17, 15) is 9.59 Å². The number of hydrogen-bond donors (Lipinski definition) is 3. The van der Waals surface area contributed by atoms with Crippen LogP contribution in [0.15, 0.2) is 18.3 Å². The van der Waals surface area contributed by atoms with Gasteiger partial charge in [0.15, 0.2) is 0 Å². The van der Waals surface area contributed by atoms with E-state index in [1.54, 1.807) is 6.20 Å². The number of ether oxygens (including phenoxy) is 1. The van der Waals surface area contributed by atoms with Crippen LogP contribution in [0.5, 0.6) is 5.88 Å². The fraction of sp³-hybridized carbons (Fsp3) is 0.588. The normalized spacial score (nSPS) is 13.5. The maximum absolute atomic E-state index is 11.7. The lowest BCUT2D eigenvalue weighted by atomic mass is 10.3. The van der Waals surface area contributed by atoms with E-state index >= 15 is 0 Å². The number of carbonyl (C=O) groups excluding carboxylic acids is 2. The highest BCUT2D eigenvalue weighted by Crippen LogP contribution is 2.29. The maximum atomic E-state index is 11.7. The van der Waals surface area contributed by atoms with Crippen LogP contribution in [0.1, 0.15) is 38.7 Å². The number of urea groups is 1. The first kappa shape index (κ1) is 18.0.